The molecule has 0 bridgehead atoms. The van der Waals surface area contributed by atoms with Gasteiger partial charge in [-0.2, -0.15) is 0 Å². The maximum Gasteiger partial charge on any atom is 0.0346 e. The highest BCUT2D eigenvalue weighted by molar-refractivity contribution is 5.26. The van der Waals surface area contributed by atoms with Gasteiger partial charge in [0.25, 0.3) is 0 Å². The van der Waals surface area contributed by atoms with Crippen LogP contribution in [-0.4, -0.2) is 7.05 Å². The second-order valence-electron chi connectivity index (χ2n) is 5.67. The molecule has 0 saturated heterocycles. The lowest BCUT2D eigenvalue weighted by Crippen LogP contribution is -2.24. The predicted molar refractivity (Wildman–Crippen MR) is 67.3 cm³/mol. The summed E-state index contributed by atoms with van der Waals surface area (Å²) in [6, 6.07) is 9.56. The van der Waals surface area contributed by atoms with E-state index in [9.17, 15) is 0 Å². The minimum absolute atomic E-state index is 0.577. The van der Waals surface area contributed by atoms with E-state index in [-0.39, 0.29) is 0 Å². The lowest BCUT2D eigenvalue weighted by Gasteiger charge is -2.25. The monoisotopic (exact) mass is 215 g/mol. The van der Waals surface area contributed by atoms with Gasteiger partial charge in [0.05, 0.1) is 0 Å². The topological polar surface area (TPSA) is 12.0 Å². The second-order valence-corrected chi connectivity index (χ2v) is 5.67. The van der Waals surface area contributed by atoms with Crippen molar-refractivity contribution in [2.24, 2.45) is 17.8 Å². The minimum atomic E-state index is 0.577. The molecule has 1 nitrogen and oxygen atoms in total. The molecule has 2 fully saturated rings. The van der Waals surface area contributed by atoms with Crippen LogP contribution < -0.4 is 5.32 Å². The Kier molecular flexibility index (Phi) is 2.51. The van der Waals surface area contributed by atoms with Crippen LogP contribution in [0.3, 0.4) is 0 Å². The van der Waals surface area contributed by atoms with Crippen LogP contribution in [0, 0.1) is 24.7 Å². The first-order chi connectivity index (χ1) is 7.78. The molecule has 16 heavy (non-hydrogen) atoms. The van der Waals surface area contributed by atoms with Gasteiger partial charge >= 0.3 is 0 Å². The fourth-order valence-corrected chi connectivity index (χ4v) is 3.57. The van der Waals surface area contributed by atoms with Crippen LogP contribution in [0.2, 0.25) is 0 Å². The van der Waals surface area contributed by atoms with Crippen LogP contribution in [0.5, 0.6) is 0 Å². The average molecular weight is 215 g/mol. The predicted octanol–water partition coefficient (Wildman–Crippen LogP) is 3.30. The van der Waals surface area contributed by atoms with E-state index in [2.05, 4.69) is 43.6 Å². The molecule has 2 aliphatic rings. The summed E-state index contributed by atoms with van der Waals surface area (Å²) < 4.78 is 0. The molecule has 1 heteroatoms. The van der Waals surface area contributed by atoms with Gasteiger partial charge < -0.3 is 5.32 Å². The molecule has 3 rings (SSSR count). The van der Waals surface area contributed by atoms with E-state index in [4.69, 9.17) is 0 Å². The molecular formula is C15H21N. The Labute approximate surface area is 98.3 Å². The van der Waals surface area contributed by atoms with Crippen molar-refractivity contribution in [1.29, 1.82) is 0 Å². The summed E-state index contributed by atoms with van der Waals surface area (Å²) in [6.45, 7) is 2.18. The third-order valence-corrected chi connectivity index (χ3v) is 4.46. The Hall–Kier alpha value is -0.820. The van der Waals surface area contributed by atoms with Crippen LogP contribution in [0.25, 0.3) is 0 Å². The van der Waals surface area contributed by atoms with Crippen molar-refractivity contribution in [1.82, 2.24) is 5.32 Å². The molecule has 0 heterocycles. The molecule has 1 aromatic rings. The molecule has 2 saturated carbocycles. The Morgan fingerprint density at radius 2 is 1.94 bits per heavy atom. The van der Waals surface area contributed by atoms with Gasteiger partial charge in [0.2, 0.25) is 0 Å². The molecule has 0 aromatic heterocycles. The van der Waals surface area contributed by atoms with E-state index in [1.807, 2.05) is 0 Å². The average Bonchev–Trinajstić information content (AvgIpc) is 2.88. The fourth-order valence-electron chi connectivity index (χ4n) is 3.57. The SMILES string of the molecule is CNC(c1cccc(C)c1)C1CC2CC2C1. The number of nitrogens with one attached hydrogen (secondary N) is 1. The van der Waals surface area contributed by atoms with Crippen LogP contribution in [0.1, 0.15) is 36.4 Å². The normalized spacial score (nSPS) is 33.5. The Balaban J connectivity index is 1.79. The third kappa shape index (κ3) is 1.78. The quantitative estimate of drug-likeness (QED) is 0.815. The first kappa shape index (κ1) is 10.3. The molecular weight excluding hydrogens is 194 g/mol. The molecule has 3 unspecified atom stereocenters. The second kappa shape index (κ2) is 3.89. The number of hydrogen-bond donors (Lipinski definition) is 1. The molecule has 0 amide bonds. The largest absolute Gasteiger partial charge is 0.313 e. The molecule has 1 aromatic carbocycles. The van der Waals surface area contributed by atoms with E-state index >= 15 is 0 Å². The molecule has 0 radical (unpaired) electrons. The lowest BCUT2D eigenvalue weighted by atomic mass is 9.89. The zero-order chi connectivity index (χ0) is 11.1. The summed E-state index contributed by atoms with van der Waals surface area (Å²) in [6.07, 6.45) is 4.41. The number of aryl methyl sites for hydroxylation is 1. The summed E-state index contributed by atoms with van der Waals surface area (Å²) in [5.41, 5.74) is 2.86. The van der Waals surface area contributed by atoms with Gasteiger partial charge in [0, 0.05) is 6.04 Å². The maximum absolute atomic E-state index is 3.53. The van der Waals surface area contributed by atoms with Gasteiger partial charge in [0.1, 0.15) is 0 Å². The molecule has 3 atom stereocenters. The fraction of sp³-hybridized carbons (Fsp3) is 0.600. The third-order valence-electron chi connectivity index (χ3n) is 4.46. The van der Waals surface area contributed by atoms with Crippen molar-refractivity contribution >= 4 is 0 Å². The van der Waals surface area contributed by atoms with Crippen molar-refractivity contribution in [3.63, 3.8) is 0 Å². The summed E-state index contributed by atoms with van der Waals surface area (Å²) in [5, 5.41) is 3.53. The summed E-state index contributed by atoms with van der Waals surface area (Å²) in [4.78, 5) is 0. The standard InChI is InChI=1S/C15H21N/c1-10-4-3-5-11(6-10)15(16-2)14-8-12-7-13(12)9-14/h3-6,12-16H,7-9H2,1-2H3. The Morgan fingerprint density at radius 1 is 1.19 bits per heavy atom. The summed E-state index contributed by atoms with van der Waals surface area (Å²) >= 11 is 0. The molecule has 1 N–H and O–H groups in total. The lowest BCUT2D eigenvalue weighted by molar-refractivity contribution is 0.359. The highest BCUT2D eigenvalue weighted by atomic mass is 14.9. The van der Waals surface area contributed by atoms with Gasteiger partial charge in [0.15, 0.2) is 0 Å². The summed E-state index contributed by atoms with van der Waals surface area (Å²) in [5.74, 6) is 3.02. The van der Waals surface area contributed by atoms with Gasteiger partial charge in [-0.1, -0.05) is 29.8 Å². The van der Waals surface area contributed by atoms with E-state index in [1.165, 1.54) is 30.4 Å². The minimum Gasteiger partial charge on any atom is -0.313 e. The van der Waals surface area contributed by atoms with Crippen molar-refractivity contribution in [3.05, 3.63) is 35.4 Å². The van der Waals surface area contributed by atoms with E-state index < -0.39 is 0 Å². The summed E-state index contributed by atoms with van der Waals surface area (Å²) in [7, 11) is 2.11. The molecule has 0 aliphatic heterocycles. The van der Waals surface area contributed by atoms with Gasteiger partial charge in [-0.15, -0.1) is 0 Å². The van der Waals surface area contributed by atoms with Crippen LogP contribution >= 0.6 is 0 Å². The zero-order valence-electron chi connectivity index (χ0n) is 10.2. The molecule has 86 valence electrons. The smallest absolute Gasteiger partial charge is 0.0346 e. The van der Waals surface area contributed by atoms with Gasteiger partial charge in [-0.05, 0) is 56.6 Å². The van der Waals surface area contributed by atoms with E-state index in [0.29, 0.717) is 6.04 Å². The molecule has 0 spiro atoms. The van der Waals surface area contributed by atoms with Gasteiger partial charge in [-0.3, -0.25) is 0 Å². The van der Waals surface area contributed by atoms with Crippen molar-refractivity contribution in [3.8, 4) is 0 Å². The maximum atomic E-state index is 3.53. The molecule has 2 aliphatic carbocycles. The van der Waals surface area contributed by atoms with E-state index in [1.54, 1.807) is 0 Å². The van der Waals surface area contributed by atoms with E-state index in [0.717, 1.165) is 17.8 Å². The number of benzene rings is 1. The van der Waals surface area contributed by atoms with Crippen molar-refractivity contribution in [2.75, 3.05) is 7.05 Å². The zero-order valence-corrected chi connectivity index (χ0v) is 10.2. The highest BCUT2D eigenvalue weighted by Gasteiger charge is 2.47. The first-order valence-electron chi connectivity index (χ1n) is 6.51. The van der Waals surface area contributed by atoms with Crippen LogP contribution in [0.15, 0.2) is 24.3 Å². The van der Waals surface area contributed by atoms with Crippen molar-refractivity contribution < 1.29 is 0 Å². The number of hydrogen-bond acceptors (Lipinski definition) is 1. The number of rotatable bonds is 3. The van der Waals surface area contributed by atoms with Gasteiger partial charge in [-0.25, -0.2) is 0 Å². The number of fused-ring (bicyclic) bond motifs is 1. The first-order valence-corrected chi connectivity index (χ1v) is 6.51. The van der Waals surface area contributed by atoms with Crippen molar-refractivity contribution in [2.45, 2.75) is 32.2 Å². The Bertz CT molecular complexity index is 375. The highest BCUT2D eigenvalue weighted by Crippen LogP contribution is 2.57. The Morgan fingerprint density at radius 3 is 2.56 bits per heavy atom. The van der Waals surface area contributed by atoms with Crippen LogP contribution in [0.4, 0.5) is 0 Å². The van der Waals surface area contributed by atoms with Crippen LogP contribution in [-0.2, 0) is 0 Å².